The van der Waals surface area contributed by atoms with Crippen LogP contribution in [0.2, 0.25) is 0 Å². The van der Waals surface area contributed by atoms with E-state index in [1.807, 2.05) is 20.0 Å². The highest BCUT2D eigenvalue weighted by Gasteiger charge is 2.16. The summed E-state index contributed by atoms with van der Waals surface area (Å²) in [6.45, 7) is 3.64. The van der Waals surface area contributed by atoms with Crippen LogP contribution in [-0.2, 0) is 7.05 Å². The first-order valence-corrected chi connectivity index (χ1v) is 9.36. The van der Waals surface area contributed by atoms with E-state index in [0.717, 1.165) is 22.3 Å². The highest BCUT2D eigenvalue weighted by Crippen LogP contribution is 2.30. The molecule has 4 rings (SSSR count). The molecule has 0 spiro atoms. The molecule has 28 heavy (non-hydrogen) atoms. The number of benzene rings is 1. The molecule has 8 nitrogen and oxygen atoms in total. The van der Waals surface area contributed by atoms with Crippen LogP contribution in [0.5, 0.6) is 5.75 Å². The van der Waals surface area contributed by atoms with E-state index in [1.165, 1.54) is 17.5 Å². The summed E-state index contributed by atoms with van der Waals surface area (Å²) in [6.07, 6.45) is 4.92. The lowest BCUT2D eigenvalue weighted by atomic mass is 10.1. The summed E-state index contributed by atoms with van der Waals surface area (Å²) < 4.78 is 1.72. The topological polar surface area (TPSA) is 105 Å². The molecule has 0 saturated heterocycles. The number of carbonyl (C=O) groups excluding carboxylic acids is 1. The van der Waals surface area contributed by atoms with E-state index in [1.54, 1.807) is 36.1 Å². The first-order valence-electron chi connectivity index (χ1n) is 8.54. The summed E-state index contributed by atoms with van der Waals surface area (Å²) in [5, 5.41) is 21.9. The minimum Gasteiger partial charge on any atom is -0.508 e. The van der Waals surface area contributed by atoms with Crippen molar-refractivity contribution in [1.82, 2.24) is 19.7 Å². The van der Waals surface area contributed by atoms with E-state index in [9.17, 15) is 9.90 Å². The van der Waals surface area contributed by atoms with Gasteiger partial charge in [0.05, 0.1) is 18.1 Å². The molecule has 0 atom stereocenters. The van der Waals surface area contributed by atoms with E-state index < -0.39 is 0 Å². The Kier molecular flexibility index (Phi) is 4.44. The molecule has 0 fully saturated rings. The van der Waals surface area contributed by atoms with Crippen LogP contribution in [0.1, 0.15) is 20.8 Å². The van der Waals surface area contributed by atoms with Crippen LogP contribution in [-0.4, -0.2) is 30.8 Å². The molecule has 1 aromatic carbocycles. The number of nitrogens with one attached hydrogen (secondary N) is 2. The lowest BCUT2D eigenvalue weighted by molar-refractivity contribution is 0.103. The maximum Gasteiger partial charge on any atom is 0.267 e. The van der Waals surface area contributed by atoms with E-state index >= 15 is 0 Å². The quantitative estimate of drug-likeness (QED) is 0.487. The molecular formula is C19H18N6O2S. The SMILES string of the molecule is Cc1ccc(O)c(C)c1NC(=O)c1cnc(Nc2c3ccncc3nn2C)s1. The number of rotatable bonds is 4. The Labute approximate surface area is 164 Å². The number of amides is 1. The number of nitrogens with zero attached hydrogens (tertiary/aromatic N) is 4. The Bertz CT molecular complexity index is 1200. The Hall–Kier alpha value is -3.46. The Morgan fingerprint density at radius 3 is 2.86 bits per heavy atom. The number of phenols is 1. The lowest BCUT2D eigenvalue weighted by Gasteiger charge is -2.11. The number of pyridine rings is 1. The van der Waals surface area contributed by atoms with Gasteiger partial charge in [0.15, 0.2) is 5.13 Å². The Balaban J connectivity index is 1.57. The Morgan fingerprint density at radius 1 is 1.21 bits per heavy atom. The molecule has 0 unspecified atom stereocenters. The van der Waals surface area contributed by atoms with Crippen molar-refractivity contribution in [1.29, 1.82) is 0 Å². The van der Waals surface area contributed by atoms with Gasteiger partial charge in [0.25, 0.3) is 5.91 Å². The van der Waals surface area contributed by atoms with Gasteiger partial charge in [-0.3, -0.25) is 14.5 Å². The van der Waals surface area contributed by atoms with Gasteiger partial charge in [-0.1, -0.05) is 17.4 Å². The van der Waals surface area contributed by atoms with Gasteiger partial charge in [-0.05, 0) is 31.5 Å². The highest BCUT2D eigenvalue weighted by atomic mass is 32.1. The first-order chi connectivity index (χ1) is 13.4. The number of thiazole rings is 1. The molecule has 0 radical (unpaired) electrons. The predicted octanol–water partition coefficient (Wildman–Crippen LogP) is 3.74. The van der Waals surface area contributed by atoms with Crippen molar-refractivity contribution in [2.75, 3.05) is 10.6 Å². The maximum absolute atomic E-state index is 12.6. The lowest BCUT2D eigenvalue weighted by Crippen LogP contribution is -2.12. The van der Waals surface area contributed by atoms with Crippen molar-refractivity contribution in [2.45, 2.75) is 13.8 Å². The smallest absolute Gasteiger partial charge is 0.267 e. The fraction of sp³-hybridized carbons (Fsp3) is 0.158. The van der Waals surface area contributed by atoms with E-state index in [4.69, 9.17) is 0 Å². The molecule has 3 heterocycles. The maximum atomic E-state index is 12.6. The second-order valence-electron chi connectivity index (χ2n) is 6.38. The molecule has 0 aliphatic carbocycles. The van der Waals surface area contributed by atoms with Gasteiger partial charge < -0.3 is 15.7 Å². The number of aryl methyl sites for hydroxylation is 2. The molecule has 1 amide bonds. The summed E-state index contributed by atoms with van der Waals surface area (Å²) in [4.78, 5) is 21.5. The zero-order valence-corrected chi connectivity index (χ0v) is 16.3. The monoisotopic (exact) mass is 394 g/mol. The molecule has 3 aromatic heterocycles. The second kappa shape index (κ2) is 6.93. The van der Waals surface area contributed by atoms with Crippen molar-refractivity contribution in [3.63, 3.8) is 0 Å². The zero-order chi connectivity index (χ0) is 19.8. The van der Waals surface area contributed by atoms with Crippen LogP contribution in [0, 0.1) is 13.8 Å². The fourth-order valence-corrected chi connectivity index (χ4v) is 3.65. The number of hydrogen-bond donors (Lipinski definition) is 3. The number of aromatic nitrogens is 4. The van der Waals surface area contributed by atoms with Crippen LogP contribution in [0.4, 0.5) is 16.6 Å². The molecule has 0 aliphatic rings. The molecule has 3 N–H and O–H groups in total. The number of phenolic OH excluding ortho intramolecular Hbond substituents is 1. The zero-order valence-electron chi connectivity index (χ0n) is 15.5. The fourth-order valence-electron chi connectivity index (χ4n) is 2.94. The number of carbonyl (C=O) groups is 1. The molecule has 0 aliphatic heterocycles. The summed E-state index contributed by atoms with van der Waals surface area (Å²) in [5.74, 6) is 0.643. The minimum absolute atomic E-state index is 0.144. The number of fused-ring (bicyclic) bond motifs is 1. The van der Waals surface area contributed by atoms with Crippen LogP contribution < -0.4 is 10.6 Å². The standard InChI is InChI=1S/C19H18N6O2S/c1-10-4-5-14(26)11(2)16(10)22-18(27)15-9-21-19(28-15)23-17-12-6-7-20-8-13(12)24-25(17)3/h4-9,26H,1-3H3,(H,21,23)(H,22,27). The molecule has 142 valence electrons. The van der Waals surface area contributed by atoms with E-state index in [0.29, 0.717) is 21.3 Å². The van der Waals surface area contributed by atoms with Crippen LogP contribution in [0.3, 0.4) is 0 Å². The largest absolute Gasteiger partial charge is 0.508 e. The third-order valence-corrected chi connectivity index (χ3v) is 5.39. The summed E-state index contributed by atoms with van der Waals surface area (Å²) in [7, 11) is 1.83. The van der Waals surface area contributed by atoms with Gasteiger partial charge in [-0.15, -0.1) is 0 Å². The van der Waals surface area contributed by atoms with Gasteiger partial charge in [0, 0.05) is 24.2 Å². The minimum atomic E-state index is -0.276. The molecule has 9 heteroatoms. The van der Waals surface area contributed by atoms with Crippen molar-refractivity contribution in [3.05, 3.63) is 52.8 Å². The predicted molar refractivity (Wildman–Crippen MR) is 109 cm³/mol. The van der Waals surface area contributed by atoms with E-state index in [-0.39, 0.29) is 11.7 Å². The number of anilines is 3. The highest BCUT2D eigenvalue weighted by molar-refractivity contribution is 7.17. The van der Waals surface area contributed by atoms with Crippen molar-refractivity contribution in [2.24, 2.45) is 7.05 Å². The summed E-state index contributed by atoms with van der Waals surface area (Å²) >= 11 is 1.24. The summed E-state index contributed by atoms with van der Waals surface area (Å²) in [5.41, 5.74) is 2.89. The van der Waals surface area contributed by atoms with Crippen LogP contribution in [0.25, 0.3) is 10.9 Å². The normalized spacial score (nSPS) is 11.0. The number of hydrogen-bond acceptors (Lipinski definition) is 7. The van der Waals surface area contributed by atoms with Crippen molar-refractivity contribution in [3.8, 4) is 5.75 Å². The summed E-state index contributed by atoms with van der Waals surface area (Å²) in [6, 6.07) is 5.25. The third-order valence-electron chi connectivity index (χ3n) is 4.47. The average molecular weight is 394 g/mol. The number of aromatic hydroxyl groups is 1. The van der Waals surface area contributed by atoms with Crippen molar-refractivity contribution < 1.29 is 9.90 Å². The third kappa shape index (κ3) is 3.16. The van der Waals surface area contributed by atoms with Gasteiger partial charge in [-0.2, -0.15) is 5.10 Å². The Morgan fingerprint density at radius 2 is 2.04 bits per heavy atom. The van der Waals surface area contributed by atoms with E-state index in [2.05, 4.69) is 25.7 Å². The average Bonchev–Trinajstić information content (AvgIpc) is 3.27. The van der Waals surface area contributed by atoms with Crippen LogP contribution in [0.15, 0.2) is 36.8 Å². The van der Waals surface area contributed by atoms with Gasteiger partial charge in [-0.25, -0.2) is 4.98 Å². The molecule has 4 aromatic rings. The first kappa shape index (κ1) is 17.9. The van der Waals surface area contributed by atoms with Gasteiger partial charge >= 0.3 is 0 Å². The molecule has 0 bridgehead atoms. The van der Waals surface area contributed by atoms with Crippen LogP contribution >= 0.6 is 11.3 Å². The second-order valence-corrected chi connectivity index (χ2v) is 7.41. The van der Waals surface area contributed by atoms with Gasteiger partial charge in [0.1, 0.15) is 22.0 Å². The van der Waals surface area contributed by atoms with Crippen molar-refractivity contribution >= 4 is 44.8 Å². The molecule has 0 saturated carbocycles. The van der Waals surface area contributed by atoms with Gasteiger partial charge in [0.2, 0.25) is 0 Å². The molecular weight excluding hydrogens is 376 g/mol.